The lowest BCUT2D eigenvalue weighted by atomic mass is 10.1. The van der Waals surface area contributed by atoms with Crippen molar-refractivity contribution in [2.45, 2.75) is 26.4 Å². The van der Waals surface area contributed by atoms with Crippen molar-refractivity contribution in [2.75, 3.05) is 13.1 Å². The van der Waals surface area contributed by atoms with Gasteiger partial charge in [-0.3, -0.25) is 4.98 Å². The summed E-state index contributed by atoms with van der Waals surface area (Å²) < 4.78 is 6.03. The second-order valence-corrected chi connectivity index (χ2v) is 7.55. The van der Waals surface area contributed by atoms with Crippen LogP contribution in [0.3, 0.4) is 0 Å². The van der Waals surface area contributed by atoms with Gasteiger partial charge in [-0.05, 0) is 54.4 Å². The summed E-state index contributed by atoms with van der Waals surface area (Å²) in [7, 11) is 0. The third-order valence-electron chi connectivity index (χ3n) is 3.67. The fourth-order valence-electron chi connectivity index (χ4n) is 2.50. The molecule has 0 N–H and O–H groups in total. The van der Waals surface area contributed by atoms with Crippen molar-refractivity contribution in [3.8, 4) is 6.07 Å². The molecule has 6 nitrogen and oxygen atoms in total. The topological polar surface area (TPSA) is 79.1 Å². The average Bonchev–Trinajstić information content (AvgIpc) is 3.04. The van der Waals surface area contributed by atoms with Gasteiger partial charge in [0, 0.05) is 12.7 Å². The number of carbonyl (C=O) groups excluding carboxylic acids is 1. The lowest BCUT2D eigenvalue weighted by molar-refractivity contribution is 0.0306. The molecule has 0 saturated heterocycles. The van der Waals surface area contributed by atoms with Gasteiger partial charge in [0.15, 0.2) is 0 Å². The first-order valence-electron chi connectivity index (χ1n) is 7.81. The van der Waals surface area contributed by atoms with Crippen molar-refractivity contribution < 1.29 is 9.53 Å². The second-order valence-electron chi connectivity index (χ2n) is 6.75. The third-order valence-corrected chi connectivity index (χ3v) is 4.47. The van der Waals surface area contributed by atoms with Crippen LogP contribution in [-0.4, -0.2) is 39.7 Å². The molecule has 0 fully saturated rings. The summed E-state index contributed by atoms with van der Waals surface area (Å²) in [4.78, 5) is 22.7. The van der Waals surface area contributed by atoms with Crippen molar-refractivity contribution in [2.24, 2.45) is 0 Å². The molecule has 2 aromatic heterocycles. The van der Waals surface area contributed by atoms with Gasteiger partial charge in [0.05, 0.1) is 27.8 Å². The van der Waals surface area contributed by atoms with E-state index in [4.69, 9.17) is 10.00 Å². The number of halogens is 1. The summed E-state index contributed by atoms with van der Waals surface area (Å²) in [5, 5.41) is 9.13. The van der Waals surface area contributed by atoms with Gasteiger partial charge in [0.2, 0.25) is 0 Å². The van der Waals surface area contributed by atoms with E-state index in [1.165, 1.54) is 6.20 Å². The van der Waals surface area contributed by atoms with Gasteiger partial charge < -0.3 is 9.64 Å². The molecule has 0 bridgehead atoms. The van der Waals surface area contributed by atoms with E-state index in [0.29, 0.717) is 34.2 Å². The molecule has 1 aliphatic heterocycles. The zero-order chi connectivity index (χ0) is 18.2. The van der Waals surface area contributed by atoms with Crippen LogP contribution in [-0.2, 0) is 4.74 Å². The zero-order valence-electron chi connectivity index (χ0n) is 14.2. The first kappa shape index (κ1) is 17.4. The maximum Gasteiger partial charge on any atom is 0.410 e. The number of pyridine rings is 2. The Balaban J connectivity index is 1.85. The highest BCUT2D eigenvalue weighted by molar-refractivity contribution is 9.10. The summed E-state index contributed by atoms with van der Waals surface area (Å²) in [5.74, 6) is 0. The number of aromatic nitrogens is 2. The smallest absolute Gasteiger partial charge is 0.410 e. The highest BCUT2D eigenvalue weighted by Crippen LogP contribution is 2.27. The Morgan fingerprint density at radius 2 is 2.16 bits per heavy atom. The first-order chi connectivity index (χ1) is 11.8. The molecular weight excluding hydrogens is 384 g/mol. The van der Waals surface area contributed by atoms with Crippen LogP contribution in [0, 0.1) is 11.3 Å². The number of fused-ring (bicyclic) bond motifs is 1. The van der Waals surface area contributed by atoms with Crippen molar-refractivity contribution in [3.05, 3.63) is 40.1 Å². The van der Waals surface area contributed by atoms with E-state index in [-0.39, 0.29) is 6.09 Å². The predicted molar refractivity (Wildman–Crippen MR) is 97.7 cm³/mol. The van der Waals surface area contributed by atoms with Crippen LogP contribution >= 0.6 is 15.9 Å². The molecule has 0 aliphatic carbocycles. The van der Waals surface area contributed by atoms with Crippen molar-refractivity contribution in [3.63, 3.8) is 0 Å². The summed E-state index contributed by atoms with van der Waals surface area (Å²) in [6.07, 6.45) is 3.15. The van der Waals surface area contributed by atoms with Gasteiger partial charge in [0.1, 0.15) is 17.2 Å². The Hall–Kier alpha value is -2.46. The van der Waals surface area contributed by atoms with E-state index in [1.54, 1.807) is 4.90 Å². The van der Waals surface area contributed by atoms with E-state index >= 15 is 0 Å². The number of rotatable bonds is 1. The lowest BCUT2D eigenvalue weighted by Crippen LogP contribution is -2.35. The number of carbonyl (C=O) groups is 1. The van der Waals surface area contributed by atoms with E-state index in [0.717, 1.165) is 11.3 Å². The Morgan fingerprint density at radius 3 is 2.84 bits per heavy atom. The summed E-state index contributed by atoms with van der Waals surface area (Å²) in [6.45, 7) is 6.46. The molecule has 1 amide bonds. The van der Waals surface area contributed by atoms with Crippen molar-refractivity contribution in [1.82, 2.24) is 14.9 Å². The van der Waals surface area contributed by atoms with E-state index in [1.807, 2.05) is 39.0 Å². The minimum Gasteiger partial charge on any atom is -0.444 e. The monoisotopic (exact) mass is 400 g/mol. The highest BCUT2D eigenvalue weighted by atomic mass is 79.9. The van der Waals surface area contributed by atoms with Crippen molar-refractivity contribution >= 4 is 38.6 Å². The second kappa shape index (κ2) is 6.45. The molecule has 0 saturated carbocycles. The number of hydrogen-bond acceptors (Lipinski definition) is 5. The number of ether oxygens (including phenoxy) is 1. The Kier molecular flexibility index (Phi) is 4.48. The third kappa shape index (κ3) is 3.64. The fraction of sp³-hybridized carbons (Fsp3) is 0.333. The number of amides is 1. The highest BCUT2D eigenvalue weighted by Gasteiger charge is 2.26. The molecule has 7 heteroatoms. The molecule has 0 spiro atoms. The molecular formula is C18H17BrN4O2. The summed E-state index contributed by atoms with van der Waals surface area (Å²) >= 11 is 3.42. The van der Waals surface area contributed by atoms with Crippen LogP contribution in [0.15, 0.2) is 28.9 Å². The lowest BCUT2D eigenvalue weighted by Gasteiger charge is -2.24. The Labute approximate surface area is 154 Å². The van der Waals surface area contributed by atoms with E-state index in [9.17, 15) is 4.79 Å². The van der Waals surface area contributed by atoms with Crippen LogP contribution in [0.1, 0.15) is 32.0 Å². The van der Waals surface area contributed by atoms with Crippen LogP contribution < -0.4 is 0 Å². The Bertz CT molecular complexity index is 925. The molecule has 0 unspecified atom stereocenters. The first-order valence-corrected chi connectivity index (χ1v) is 8.60. The maximum absolute atomic E-state index is 12.2. The summed E-state index contributed by atoms with van der Waals surface area (Å²) in [5.41, 5.74) is 2.96. The minimum absolute atomic E-state index is 0.339. The van der Waals surface area contributed by atoms with Crippen LogP contribution in [0.5, 0.6) is 0 Å². The molecule has 25 heavy (non-hydrogen) atoms. The van der Waals surface area contributed by atoms with E-state index in [2.05, 4.69) is 32.0 Å². The minimum atomic E-state index is -0.523. The van der Waals surface area contributed by atoms with Gasteiger partial charge in [-0.15, -0.1) is 0 Å². The Morgan fingerprint density at radius 1 is 1.40 bits per heavy atom. The van der Waals surface area contributed by atoms with Gasteiger partial charge in [-0.25, -0.2) is 9.78 Å². The van der Waals surface area contributed by atoms with E-state index < -0.39 is 5.60 Å². The van der Waals surface area contributed by atoms with Gasteiger partial charge in [0.25, 0.3) is 0 Å². The van der Waals surface area contributed by atoms with Gasteiger partial charge >= 0.3 is 6.09 Å². The molecule has 0 atom stereocenters. The molecule has 1 aliphatic rings. The normalized spacial score (nSPS) is 14.4. The SMILES string of the molecule is CC(C)(C)OC(=O)N1CC=C(c2ccc3ncc(C#N)c(Br)c3n2)C1. The predicted octanol–water partition coefficient (Wildman–Crippen LogP) is 3.90. The number of nitrogens with zero attached hydrogens (tertiary/aromatic N) is 4. The zero-order valence-corrected chi connectivity index (χ0v) is 15.8. The molecule has 3 heterocycles. The molecule has 3 rings (SSSR count). The standard InChI is InChI=1S/C18H17BrN4O2/c1-18(2,3)25-17(24)23-7-6-11(10-23)13-4-5-14-16(22-13)15(19)12(8-20)9-21-14/h4-6,9H,7,10H2,1-3H3. The molecule has 0 radical (unpaired) electrons. The molecule has 0 aromatic carbocycles. The quantitative estimate of drug-likeness (QED) is 0.724. The van der Waals surface area contributed by atoms with Crippen LogP contribution in [0.2, 0.25) is 0 Å². The van der Waals surface area contributed by atoms with Gasteiger partial charge in [-0.1, -0.05) is 6.08 Å². The fourth-order valence-corrected chi connectivity index (χ4v) is 2.98. The number of hydrogen-bond donors (Lipinski definition) is 0. The van der Waals surface area contributed by atoms with Crippen molar-refractivity contribution in [1.29, 1.82) is 5.26 Å². The van der Waals surface area contributed by atoms with Crippen LogP contribution in [0.25, 0.3) is 16.6 Å². The molecule has 2 aromatic rings. The number of nitriles is 1. The van der Waals surface area contributed by atoms with Crippen LogP contribution in [0.4, 0.5) is 4.79 Å². The van der Waals surface area contributed by atoms with Gasteiger partial charge in [-0.2, -0.15) is 5.26 Å². The maximum atomic E-state index is 12.2. The molecule has 128 valence electrons. The largest absolute Gasteiger partial charge is 0.444 e. The average molecular weight is 401 g/mol. The summed E-state index contributed by atoms with van der Waals surface area (Å²) in [6, 6.07) is 5.82.